The predicted octanol–water partition coefficient (Wildman–Crippen LogP) is 5.31. The zero-order chi connectivity index (χ0) is 19.5. The first kappa shape index (κ1) is 18.7. The fourth-order valence-corrected chi connectivity index (χ4v) is 3.92. The molecule has 0 saturated carbocycles. The maximum absolute atomic E-state index is 7.86. The molecule has 0 spiro atoms. The summed E-state index contributed by atoms with van der Waals surface area (Å²) >= 11 is 0. The Labute approximate surface area is 167 Å². The van der Waals surface area contributed by atoms with Gasteiger partial charge < -0.3 is 15.5 Å². The SMILES string of the molecule is CC(=N)c1ccc2ccc(CC(C)c3ccc(OC4CCNC4)cc3)cc2c1. The van der Waals surface area contributed by atoms with Crippen molar-refractivity contribution in [3.05, 3.63) is 77.4 Å². The van der Waals surface area contributed by atoms with Gasteiger partial charge in [-0.15, -0.1) is 0 Å². The summed E-state index contributed by atoms with van der Waals surface area (Å²) < 4.78 is 6.03. The minimum absolute atomic E-state index is 0.301. The molecule has 1 saturated heterocycles. The summed E-state index contributed by atoms with van der Waals surface area (Å²) in [5.41, 5.74) is 4.26. The van der Waals surface area contributed by atoms with Crippen molar-refractivity contribution in [2.75, 3.05) is 13.1 Å². The number of hydrogen-bond donors (Lipinski definition) is 2. The van der Waals surface area contributed by atoms with Crippen molar-refractivity contribution in [2.45, 2.75) is 38.7 Å². The standard InChI is InChI=1S/C25H28N2O/c1-17(20-7-9-24(10-8-20)28-25-11-12-27-16-25)13-19-3-4-21-5-6-22(18(2)26)15-23(21)14-19/h3-10,14-15,17,25-27H,11-13,16H2,1-2H3. The van der Waals surface area contributed by atoms with Crippen molar-refractivity contribution >= 4 is 16.5 Å². The van der Waals surface area contributed by atoms with E-state index in [1.165, 1.54) is 21.9 Å². The highest BCUT2D eigenvalue weighted by atomic mass is 16.5. The van der Waals surface area contributed by atoms with Gasteiger partial charge in [0.05, 0.1) is 0 Å². The van der Waals surface area contributed by atoms with Gasteiger partial charge in [-0.05, 0) is 77.9 Å². The van der Waals surface area contributed by atoms with Crippen molar-refractivity contribution < 1.29 is 4.74 Å². The molecule has 0 aliphatic carbocycles. The van der Waals surface area contributed by atoms with Crippen molar-refractivity contribution in [1.82, 2.24) is 5.32 Å². The number of fused-ring (bicyclic) bond motifs is 1. The molecule has 0 radical (unpaired) electrons. The summed E-state index contributed by atoms with van der Waals surface area (Å²) in [6.07, 6.45) is 2.38. The molecule has 0 aromatic heterocycles. The van der Waals surface area contributed by atoms with E-state index >= 15 is 0 Å². The van der Waals surface area contributed by atoms with E-state index in [0.29, 0.717) is 17.7 Å². The van der Waals surface area contributed by atoms with Gasteiger partial charge in [0.2, 0.25) is 0 Å². The zero-order valence-electron chi connectivity index (χ0n) is 16.7. The summed E-state index contributed by atoms with van der Waals surface area (Å²) in [5.74, 6) is 1.40. The minimum atomic E-state index is 0.301. The van der Waals surface area contributed by atoms with E-state index in [9.17, 15) is 0 Å². The van der Waals surface area contributed by atoms with Gasteiger partial charge in [-0.3, -0.25) is 0 Å². The first-order valence-electron chi connectivity index (χ1n) is 10.1. The van der Waals surface area contributed by atoms with E-state index in [-0.39, 0.29) is 0 Å². The van der Waals surface area contributed by atoms with Crippen LogP contribution in [0.2, 0.25) is 0 Å². The largest absolute Gasteiger partial charge is 0.489 e. The molecule has 3 aromatic rings. The third-order valence-corrected chi connectivity index (χ3v) is 5.65. The Morgan fingerprint density at radius 3 is 2.57 bits per heavy atom. The van der Waals surface area contributed by atoms with Crippen LogP contribution >= 0.6 is 0 Å². The first-order valence-corrected chi connectivity index (χ1v) is 10.1. The number of rotatable bonds is 6. The van der Waals surface area contributed by atoms with Gasteiger partial charge in [-0.25, -0.2) is 0 Å². The first-order chi connectivity index (χ1) is 13.6. The molecule has 2 atom stereocenters. The average molecular weight is 373 g/mol. The van der Waals surface area contributed by atoms with Crippen LogP contribution in [0.15, 0.2) is 60.7 Å². The maximum Gasteiger partial charge on any atom is 0.119 e. The Hall–Kier alpha value is -2.65. The third-order valence-electron chi connectivity index (χ3n) is 5.65. The van der Waals surface area contributed by atoms with E-state index in [4.69, 9.17) is 10.1 Å². The molecule has 1 heterocycles. The molecular weight excluding hydrogens is 344 g/mol. The predicted molar refractivity (Wildman–Crippen MR) is 117 cm³/mol. The van der Waals surface area contributed by atoms with Crippen LogP contribution in [0, 0.1) is 5.41 Å². The Balaban J connectivity index is 1.46. The van der Waals surface area contributed by atoms with Crippen LogP contribution in [0.25, 0.3) is 10.8 Å². The Bertz CT molecular complexity index is 972. The Morgan fingerprint density at radius 1 is 1.07 bits per heavy atom. The molecule has 1 fully saturated rings. The van der Waals surface area contributed by atoms with Gasteiger partial charge in [0.1, 0.15) is 11.9 Å². The summed E-state index contributed by atoms with van der Waals surface area (Å²) in [6.45, 7) is 6.11. The summed E-state index contributed by atoms with van der Waals surface area (Å²) in [4.78, 5) is 0. The van der Waals surface area contributed by atoms with E-state index in [2.05, 4.69) is 66.8 Å². The van der Waals surface area contributed by atoms with E-state index in [0.717, 1.165) is 37.2 Å². The lowest BCUT2D eigenvalue weighted by Gasteiger charge is -2.16. The lowest BCUT2D eigenvalue weighted by atomic mass is 9.92. The van der Waals surface area contributed by atoms with Crippen LogP contribution in [-0.2, 0) is 6.42 Å². The molecule has 144 valence electrons. The molecule has 3 heteroatoms. The van der Waals surface area contributed by atoms with Crippen molar-refractivity contribution in [2.24, 2.45) is 0 Å². The third kappa shape index (κ3) is 4.26. The molecule has 1 aliphatic heterocycles. The fraction of sp³-hybridized carbons (Fsp3) is 0.320. The highest BCUT2D eigenvalue weighted by molar-refractivity contribution is 6.00. The highest BCUT2D eigenvalue weighted by Crippen LogP contribution is 2.26. The van der Waals surface area contributed by atoms with E-state index in [1.54, 1.807) is 0 Å². The van der Waals surface area contributed by atoms with Crippen molar-refractivity contribution in [3.8, 4) is 5.75 Å². The monoisotopic (exact) mass is 372 g/mol. The van der Waals surface area contributed by atoms with Crippen LogP contribution in [0.4, 0.5) is 0 Å². The lowest BCUT2D eigenvalue weighted by molar-refractivity contribution is 0.223. The molecule has 0 amide bonds. The molecule has 2 N–H and O–H groups in total. The lowest BCUT2D eigenvalue weighted by Crippen LogP contribution is -2.19. The second-order valence-electron chi connectivity index (χ2n) is 7.93. The second-order valence-corrected chi connectivity index (χ2v) is 7.93. The molecular formula is C25H28N2O. The van der Waals surface area contributed by atoms with Gasteiger partial charge in [-0.1, -0.05) is 49.4 Å². The van der Waals surface area contributed by atoms with E-state index in [1.807, 2.05) is 13.0 Å². The number of ether oxygens (including phenoxy) is 1. The van der Waals surface area contributed by atoms with E-state index < -0.39 is 0 Å². The van der Waals surface area contributed by atoms with Gasteiger partial charge in [0, 0.05) is 12.3 Å². The second kappa shape index (κ2) is 8.15. The molecule has 3 nitrogen and oxygen atoms in total. The van der Waals surface area contributed by atoms with Gasteiger partial charge in [-0.2, -0.15) is 0 Å². The smallest absolute Gasteiger partial charge is 0.119 e. The average Bonchev–Trinajstić information content (AvgIpc) is 3.21. The van der Waals surface area contributed by atoms with Crippen LogP contribution in [0.5, 0.6) is 5.75 Å². The number of nitrogens with one attached hydrogen (secondary N) is 2. The minimum Gasteiger partial charge on any atom is -0.489 e. The molecule has 3 aromatic carbocycles. The molecule has 1 aliphatic rings. The summed E-state index contributed by atoms with van der Waals surface area (Å²) in [7, 11) is 0. The molecule has 28 heavy (non-hydrogen) atoms. The Morgan fingerprint density at radius 2 is 1.86 bits per heavy atom. The maximum atomic E-state index is 7.86. The number of benzene rings is 3. The molecule has 2 unspecified atom stereocenters. The van der Waals surface area contributed by atoms with Crippen LogP contribution in [-0.4, -0.2) is 24.9 Å². The Kier molecular flexibility index (Phi) is 5.45. The van der Waals surface area contributed by atoms with Crippen LogP contribution in [0.1, 0.15) is 42.9 Å². The van der Waals surface area contributed by atoms with Crippen molar-refractivity contribution in [3.63, 3.8) is 0 Å². The van der Waals surface area contributed by atoms with Gasteiger partial charge in [0.25, 0.3) is 0 Å². The van der Waals surface area contributed by atoms with Crippen molar-refractivity contribution in [1.29, 1.82) is 5.41 Å². The van der Waals surface area contributed by atoms with Gasteiger partial charge in [0.15, 0.2) is 0 Å². The van der Waals surface area contributed by atoms with Gasteiger partial charge >= 0.3 is 0 Å². The molecule has 0 bridgehead atoms. The molecule has 4 rings (SSSR count). The fourth-order valence-electron chi connectivity index (χ4n) is 3.92. The normalized spacial score (nSPS) is 17.6. The van der Waals surface area contributed by atoms with Crippen LogP contribution < -0.4 is 10.1 Å². The summed E-state index contributed by atoms with van der Waals surface area (Å²) in [6, 6.07) is 21.5. The zero-order valence-corrected chi connectivity index (χ0v) is 16.7. The number of hydrogen-bond acceptors (Lipinski definition) is 3. The highest BCUT2D eigenvalue weighted by Gasteiger charge is 2.16. The van der Waals surface area contributed by atoms with Crippen LogP contribution in [0.3, 0.4) is 0 Å². The summed E-state index contributed by atoms with van der Waals surface area (Å²) in [5, 5.41) is 13.6. The topological polar surface area (TPSA) is 45.1 Å². The quantitative estimate of drug-likeness (QED) is 0.576.